The van der Waals surface area contributed by atoms with Crippen LogP contribution in [0.3, 0.4) is 0 Å². The Bertz CT molecular complexity index is 707. The largest absolute Gasteiger partial charge is 0.393 e. The molecule has 0 heterocycles. The molecule has 3 N–H and O–H groups in total. The molecule has 0 saturated heterocycles. The van der Waals surface area contributed by atoms with E-state index < -0.39 is 11.7 Å². The van der Waals surface area contributed by atoms with Crippen molar-refractivity contribution >= 4 is 0 Å². The summed E-state index contributed by atoms with van der Waals surface area (Å²) in [6, 6.07) is 0. The zero-order valence-electron chi connectivity index (χ0n) is 20.5. The van der Waals surface area contributed by atoms with Crippen LogP contribution in [0.1, 0.15) is 86.0 Å². The molecule has 0 bridgehead atoms. The van der Waals surface area contributed by atoms with Gasteiger partial charge in [0.05, 0.1) is 11.7 Å². The number of rotatable bonds is 6. The number of fused-ring (bicyclic) bond motifs is 1. The minimum Gasteiger partial charge on any atom is -0.393 e. The summed E-state index contributed by atoms with van der Waals surface area (Å²) in [7, 11) is 0. The molecule has 0 spiro atoms. The maximum atomic E-state index is 11.8. The molecule has 3 nitrogen and oxygen atoms in total. The molecule has 31 heavy (non-hydrogen) atoms. The molecule has 0 unspecified atom stereocenters. The Balaban J connectivity index is 1.80. The van der Waals surface area contributed by atoms with Crippen LogP contribution < -0.4 is 0 Å². The van der Waals surface area contributed by atoms with Gasteiger partial charge in [-0.05, 0) is 98.0 Å². The van der Waals surface area contributed by atoms with E-state index >= 15 is 0 Å². The van der Waals surface area contributed by atoms with Crippen molar-refractivity contribution < 1.29 is 15.3 Å². The highest BCUT2D eigenvalue weighted by atomic mass is 16.3. The quantitative estimate of drug-likeness (QED) is 0.466. The molecular formula is C28H46O3. The molecule has 3 aliphatic carbocycles. The first-order valence-corrected chi connectivity index (χ1v) is 12.6. The van der Waals surface area contributed by atoms with Crippen molar-refractivity contribution in [3.63, 3.8) is 0 Å². The third-order valence-corrected chi connectivity index (χ3v) is 9.27. The number of aliphatic hydroxyl groups excluding tert-OH is 2. The smallest absolute Gasteiger partial charge is 0.102 e. The highest BCUT2D eigenvalue weighted by Crippen LogP contribution is 2.61. The molecule has 0 aromatic carbocycles. The molecule has 3 rings (SSSR count). The van der Waals surface area contributed by atoms with Gasteiger partial charge in [0, 0.05) is 0 Å². The molecular weight excluding hydrogens is 384 g/mol. The third kappa shape index (κ3) is 4.89. The first kappa shape index (κ1) is 24.7. The number of hydrogen-bond acceptors (Lipinski definition) is 3. The fourth-order valence-corrected chi connectivity index (χ4v) is 6.82. The molecule has 176 valence electrons. The molecule has 3 saturated carbocycles. The predicted octanol–water partition coefficient (Wildman–Crippen LogP) is 5.81. The zero-order valence-corrected chi connectivity index (χ0v) is 20.5. The monoisotopic (exact) mass is 430 g/mol. The highest BCUT2D eigenvalue weighted by molar-refractivity contribution is 5.33. The molecule has 8 atom stereocenters. The average molecular weight is 431 g/mol. The highest BCUT2D eigenvalue weighted by Gasteiger charge is 2.59. The normalized spacial score (nSPS) is 41.0. The lowest BCUT2D eigenvalue weighted by Crippen LogP contribution is -2.56. The van der Waals surface area contributed by atoms with Crippen LogP contribution in [0.2, 0.25) is 0 Å². The van der Waals surface area contributed by atoms with Crippen molar-refractivity contribution in [2.45, 2.75) is 104 Å². The van der Waals surface area contributed by atoms with Gasteiger partial charge in [-0.25, -0.2) is 0 Å². The van der Waals surface area contributed by atoms with Gasteiger partial charge in [-0.2, -0.15) is 0 Å². The summed E-state index contributed by atoms with van der Waals surface area (Å²) < 4.78 is 0. The van der Waals surface area contributed by atoms with Crippen molar-refractivity contribution in [1.82, 2.24) is 0 Å². The zero-order chi connectivity index (χ0) is 23.0. The summed E-state index contributed by atoms with van der Waals surface area (Å²) in [4.78, 5) is 0. The lowest BCUT2D eigenvalue weighted by molar-refractivity contribution is -0.155. The van der Waals surface area contributed by atoms with E-state index in [1.54, 1.807) is 0 Å². The van der Waals surface area contributed by atoms with Crippen LogP contribution in [-0.2, 0) is 0 Å². The van der Waals surface area contributed by atoms with Crippen LogP contribution in [-0.4, -0.2) is 33.1 Å². The van der Waals surface area contributed by atoms with Gasteiger partial charge in [-0.3, -0.25) is 0 Å². The van der Waals surface area contributed by atoms with E-state index in [0.717, 1.165) is 49.7 Å². The van der Waals surface area contributed by atoms with E-state index in [9.17, 15) is 15.3 Å². The second-order valence-electron chi connectivity index (χ2n) is 11.6. The Hall–Kier alpha value is -0.900. The van der Waals surface area contributed by atoms with Gasteiger partial charge in [-0.15, -0.1) is 0 Å². The first-order chi connectivity index (χ1) is 14.5. The maximum absolute atomic E-state index is 11.8. The minimum atomic E-state index is -1.09. The average Bonchev–Trinajstić information content (AvgIpc) is 3.07. The van der Waals surface area contributed by atoms with Crippen LogP contribution in [0.25, 0.3) is 0 Å². The third-order valence-electron chi connectivity index (χ3n) is 9.27. The molecule has 0 amide bonds. The van der Waals surface area contributed by atoms with Gasteiger partial charge < -0.3 is 15.3 Å². The van der Waals surface area contributed by atoms with Crippen molar-refractivity contribution in [3.8, 4) is 0 Å². The predicted molar refractivity (Wildman–Crippen MR) is 129 cm³/mol. The fourth-order valence-electron chi connectivity index (χ4n) is 6.82. The Labute approximate surface area is 190 Å². The van der Waals surface area contributed by atoms with E-state index in [4.69, 9.17) is 0 Å². The molecule has 0 aromatic heterocycles. The van der Waals surface area contributed by atoms with Crippen LogP contribution in [0, 0.1) is 35.0 Å². The summed E-state index contributed by atoms with van der Waals surface area (Å²) in [6.45, 7) is 15.6. The Morgan fingerprint density at radius 1 is 1.06 bits per heavy atom. The molecule has 3 fully saturated rings. The standard InChI is InChI=1S/C28H46O3/c1-18(2)19(3)8-9-21(5)24-12-13-25-27(24,6)14-7-15-28(25,31)26(30)17-22-16-23(29)11-10-20(22)4/h8-9,17-19,21,23-26,29-31H,4,7,10-16H2,1-3,5-6H3/b9-8+,22-17-/t19-,21-,23+,24-,25-,26+,27-,28+/m1/s1. The number of aliphatic hydroxyl groups is 3. The second kappa shape index (κ2) is 9.53. The summed E-state index contributed by atoms with van der Waals surface area (Å²) in [6.07, 6.45) is 12.2. The minimum absolute atomic E-state index is 0.0421. The van der Waals surface area contributed by atoms with Crippen LogP contribution in [0.5, 0.6) is 0 Å². The first-order valence-electron chi connectivity index (χ1n) is 12.6. The van der Waals surface area contributed by atoms with Gasteiger partial charge in [0.25, 0.3) is 0 Å². The summed E-state index contributed by atoms with van der Waals surface area (Å²) in [5.41, 5.74) is 0.876. The molecule has 3 aliphatic rings. The van der Waals surface area contributed by atoms with Crippen LogP contribution in [0.4, 0.5) is 0 Å². The fraction of sp³-hybridized carbons (Fsp3) is 0.786. The van der Waals surface area contributed by atoms with E-state index in [-0.39, 0.29) is 17.4 Å². The van der Waals surface area contributed by atoms with E-state index in [1.165, 1.54) is 0 Å². The number of allylic oxidation sites excluding steroid dienone is 3. The van der Waals surface area contributed by atoms with E-state index in [2.05, 4.69) is 53.3 Å². The lowest BCUT2D eigenvalue weighted by atomic mass is 9.56. The maximum Gasteiger partial charge on any atom is 0.102 e. The van der Waals surface area contributed by atoms with Crippen molar-refractivity contribution in [2.24, 2.45) is 35.0 Å². The van der Waals surface area contributed by atoms with Gasteiger partial charge >= 0.3 is 0 Å². The summed E-state index contributed by atoms with van der Waals surface area (Å²) in [5.74, 6) is 2.33. The molecule has 3 heteroatoms. The van der Waals surface area contributed by atoms with Crippen LogP contribution >= 0.6 is 0 Å². The topological polar surface area (TPSA) is 60.7 Å². The van der Waals surface area contributed by atoms with Crippen LogP contribution in [0.15, 0.2) is 36.0 Å². The van der Waals surface area contributed by atoms with Gasteiger partial charge in [-0.1, -0.05) is 58.9 Å². The van der Waals surface area contributed by atoms with E-state index in [0.29, 0.717) is 36.5 Å². The molecule has 0 aromatic rings. The van der Waals surface area contributed by atoms with Crippen molar-refractivity contribution in [1.29, 1.82) is 0 Å². The van der Waals surface area contributed by atoms with Gasteiger partial charge in [0.15, 0.2) is 0 Å². The second-order valence-corrected chi connectivity index (χ2v) is 11.6. The summed E-state index contributed by atoms with van der Waals surface area (Å²) in [5, 5.41) is 33.2. The Kier molecular flexibility index (Phi) is 7.61. The molecule has 0 aliphatic heterocycles. The lowest BCUT2D eigenvalue weighted by Gasteiger charge is -2.52. The van der Waals surface area contributed by atoms with E-state index in [1.807, 2.05) is 6.08 Å². The Morgan fingerprint density at radius 2 is 1.77 bits per heavy atom. The van der Waals surface area contributed by atoms with Crippen molar-refractivity contribution in [3.05, 3.63) is 36.0 Å². The van der Waals surface area contributed by atoms with Gasteiger partial charge in [0.1, 0.15) is 6.10 Å². The van der Waals surface area contributed by atoms with Gasteiger partial charge in [0.2, 0.25) is 0 Å². The molecule has 0 radical (unpaired) electrons. The number of hydrogen-bond donors (Lipinski definition) is 3. The summed E-state index contributed by atoms with van der Waals surface area (Å²) >= 11 is 0. The Morgan fingerprint density at radius 3 is 2.45 bits per heavy atom. The SMILES string of the molecule is C=C1CC[C@H](O)C/C1=C/[C@H](O)[C@]1(O)CCC[C@]2(C)[C@@H]([C@H](C)/C=C/[C@@H](C)C(C)C)CC[C@H]21. The van der Waals surface area contributed by atoms with Crippen molar-refractivity contribution in [2.75, 3.05) is 0 Å².